The van der Waals surface area contributed by atoms with E-state index in [1.54, 1.807) is 18.2 Å². The van der Waals surface area contributed by atoms with Crippen molar-refractivity contribution >= 4 is 11.6 Å². The second-order valence-electron chi connectivity index (χ2n) is 4.77. The first kappa shape index (κ1) is 15.5. The Bertz CT molecular complexity index is 752. The van der Waals surface area contributed by atoms with E-state index in [1.165, 1.54) is 6.07 Å². The van der Waals surface area contributed by atoms with Gasteiger partial charge >= 0.3 is 5.69 Å². The molecule has 2 aromatic rings. The van der Waals surface area contributed by atoms with Crippen LogP contribution in [0.3, 0.4) is 0 Å². The predicted molar refractivity (Wildman–Crippen MR) is 80.4 cm³/mol. The Labute approximate surface area is 126 Å². The molecular weight excluding hydrogens is 295 g/mol. The standard InChI is InChI=1S/C15H16ClFN2O2/c1-2-5-11-13(16)18-15(21)19(14(11)20)9-8-10-6-3-4-7-12(10)17/h3-4,6-7H,2,5,8-9H2,1H3,(H,18,21). The van der Waals surface area contributed by atoms with Gasteiger partial charge in [0.05, 0.1) is 5.56 Å². The summed E-state index contributed by atoms with van der Waals surface area (Å²) in [7, 11) is 0. The highest BCUT2D eigenvalue weighted by molar-refractivity contribution is 6.30. The number of nitrogens with one attached hydrogen (secondary N) is 1. The number of nitrogens with zero attached hydrogens (tertiary/aromatic N) is 1. The van der Waals surface area contributed by atoms with Gasteiger partial charge in [0, 0.05) is 6.54 Å². The van der Waals surface area contributed by atoms with Crippen molar-refractivity contribution in [3.8, 4) is 0 Å². The lowest BCUT2D eigenvalue weighted by Gasteiger charge is -2.09. The van der Waals surface area contributed by atoms with Crippen LogP contribution >= 0.6 is 11.6 Å². The second kappa shape index (κ2) is 6.72. The van der Waals surface area contributed by atoms with Gasteiger partial charge in [0.2, 0.25) is 0 Å². The SMILES string of the molecule is CCCc1c(Cl)[nH]c(=O)n(CCc2ccccc2F)c1=O. The van der Waals surface area contributed by atoms with Gasteiger partial charge in [-0.2, -0.15) is 0 Å². The van der Waals surface area contributed by atoms with Crippen LogP contribution in [-0.4, -0.2) is 9.55 Å². The maximum Gasteiger partial charge on any atom is 0.329 e. The third-order valence-electron chi connectivity index (χ3n) is 3.29. The van der Waals surface area contributed by atoms with E-state index in [-0.39, 0.29) is 23.9 Å². The zero-order valence-electron chi connectivity index (χ0n) is 11.7. The van der Waals surface area contributed by atoms with Crippen molar-refractivity contribution in [1.29, 1.82) is 0 Å². The fourth-order valence-electron chi connectivity index (χ4n) is 2.19. The van der Waals surface area contributed by atoms with Crippen LogP contribution in [-0.2, 0) is 19.4 Å². The Morgan fingerprint density at radius 2 is 1.95 bits per heavy atom. The molecule has 0 atom stereocenters. The third kappa shape index (κ3) is 3.42. The average Bonchev–Trinajstić information content (AvgIpc) is 2.45. The van der Waals surface area contributed by atoms with Crippen LogP contribution < -0.4 is 11.2 Å². The fourth-order valence-corrected chi connectivity index (χ4v) is 2.45. The summed E-state index contributed by atoms with van der Waals surface area (Å²) in [6.45, 7) is 2.04. The number of aromatic amines is 1. The van der Waals surface area contributed by atoms with Crippen LogP contribution in [0.2, 0.25) is 5.15 Å². The molecule has 6 heteroatoms. The van der Waals surface area contributed by atoms with Gasteiger partial charge in [0.15, 0.2) is 0 Å². The molecule has 2 rings (SSSR count). The summed E-state index contributed by atoms with van der Waals surface area (Å²) in [5.41, 5.74) is -0.105. The molecule has 0 aliphatic heterocycles. The van der Waals surface area contributed by atoms with Crippen molar-refractivity contribution in [1.82, 2.24) is 9.55 Å². The lowest BCUT2D eigenvalue weighted by atomic mass is 10.1. The summed E-state index contributed by atoms with van der Waals surface area (Å²) >= 11 is 5.90. The first-order valence-electron chi connectivity index (χ1n) is 6.79. The highest BCUT2D eigenvalue weighted by Crippen LogP contribution is 2.09. The topological polar surface area (TPSA) is 54.9 Å². The molecule has 0 fully saturated rings. The normalized spacial score (nSPS) is 10.8. The van der Waals surface area contributed by atoms with Gasteiger partial charge in [0.1, 0.15) is 11.0 Å². The quantitative estimate of drug-likeness (QED) is 0.863. The molecule has 4 nitrogen and oxygen atoms in total. The van der Waals surface area contributed by atoms with Crippen molar-refractivity contribution < 1.29 is 4.39 Å². The Kier molecular flexibility index (Phi) is 4.96. The van der Waals surface area contributed by atoms with Crippen molar-refractivity contribution in [3.63, 3.8) is 0 Å². The van der Waals surface area contributed by atoms with Gasteiger partial charge < -0.3 is 0 Å². The summed E-state index contributed by atoms with van der Waals surface area (Å²) in [5.74, 6) is -0.343. The minimum Gasteiger partial charge on any atom is -0.297 e. The number of rotatable bonds is 5. The lowest BCUT2D eigenvalue weighted by molar-refractivity contribution is 0.574. The number of aromatic nitrogens is 2. The number of benzene rings is 1. The molecule has 0 bridgehead atoms. The zero-order valence-corrected chi connectivity index (χ0v) is 12.4. The van der Waals surface area contributed by atoms with E-state index in [1.807, 2.05) is 6.92 Å². The Morgan fingerprint density at radius 1 is 1.24 bits per heavy atom. The molecule has 0 amide bonds. The van der Waals surface area contributed by atoms with Crippen LogP contribution in [0.5, 0.6) is 0 Å². The van der Waals surface area contributed by atoms with Gasteiger partial charge in [-0.1, -0.05) is 43.1 Å². The van der Waals surface area contributed by atoms with Gasteiger partial charge in [-0.05, 0) is 24.5 Å². The van der Waals surface area contributed by atoms with Gasteiger partial charge in [0.25, 0.3) is 5.56 Å². The smallest absolute Gasteiger partial charge is 0.297 e. The van der Waals surface area contributed by atoms with Crippen LogP contribution in [0.25, 0.3) is 0 Å². The predicted octanol–water partition coefficient (Wildman–Crippen LogP) is 2.52. The maximum absolute atomic E-state index is 13.6. The van der Waals surface area contributed by atoms with Crippen LogP contribution in [0.4, 0.5) is 4.39 Å². The lowest BCUT2D eigenvalue weighted by Crippen LogP contribution is -2.38. The second-order valence-corrected chi connectivity index (χ2v) is 5.15. The molecule has 0 radical (unpaired) electrons. The van der Waals surface area contributed by atoms with Crippen molar-refractivity contribution in [3.05, 3.63) is 67.2 Å². The Morgan fingerprint density at radius 3 is 2.62 bits per heavy atom. The van der Waals surface area contributed by atoms with E-state index < -0.39 is 11.2 Å². The molecule has 112 valence electrons. The number of H-pyrrole nitrogens is 1. The Balaban J connectivity index is 2.32. The van der Waals surface area contributed by atoms with Crippen molar-refractivity contribution in [2.24, 2.45) is 0 Å². The first-order chi connectivity index (χ1) is 10.0. The zero-order chi connectivity index (χ0) is 15.4. The van der Waals surface area contributed by atoms with E-state index in [4.69, 9.17) is 11.6 Å². The third-order valence-corrected chi connectivity index (χ3v) is 3.62. The summed E-state index contributed by atoms with van der Waals surface area (Å²) in [5, 5.41) is 0.0917. The van der Waals surface area contributed by atoms with Crippen LogP contribution in [0.15, 0.2) is 33.9 Å². The van der Waals surface area contributed by atoms with E-state index in [2.05, 4.69) is 4.98 Å². The molecule has 1 aromatic heterocycles. The van der Waals surface area contributed by atoms with E-state index in [9.17, 15) is 14.0 Å². The van der Waals surface area contributed by atoms with Crippen molar-refractivity contribution in [2.45, 2.75) is 32.7 Å². The fraction of sp³-hybridized carbons (Fsp3) is 0.333. The van der Waals surface area contributed by atoms with Crippen LogP contribution in [0, 0.1) is 5.82 Å². The van der Waals surface area contributed by atoms with Gasteiger partial charge in [-0.3, -0.25) is 14.3 Å². The number of aryl methyl sites for hydroxylation is 1. The van der Waals surface area contributed by atoms with Gasteiger partial charge in [-0.25, -0.2) is 9.18 Å². The molecule has 0 aliphatic rings. The van der Waals surface area contributed by atoms with E-state index in [0.717, 1.165) is 11.0 Å². The molecular formula is C15H16ClFN2O2. The highest BCUT2D eigenvalue weighted by atomic mass is 35.5. The average molecular weight is 311 g/mol. The van der Waals surface area contributed by atoms with E-state index >= 15 is 0 Å². The number of hydrogen-bond acceptors (Lipinski definition) is 2. The Hall–Kier alpha value is -1.88. The van der Waals surface area contributed by atoms with Crippen LogP contribution in [0.1, 0.15) is 24.5 Å². The van der Waals surface area contributed by atoms with Gasteiger partial charge in [-0.15, -0.1) is 0 Å². The van der Waals surface area contributed by atoms with Crippen molar-refractivity contribution in [2.75, 3.05) is 0 Å². The molecule has 0 saturated carbocycles. The maximum atomic E-state index is 13.6. The summed E-state index contributed by atoms with van der Waals surface area (Å²) in [6, 6.07) is 6.30. The monoisotopic (exact) mass is 310 g/mol. The molecule has 1 aromatic carbocycles. The minimum absolute atomic E-state index is 0.0917. The number of halogens is 2. The number of hydrogen-bond donors (Lipinski definition) is 1. The summed E-state index contributed by atoms with van der Waals surface area (Å²) in [6.07, 6.45) is 1.51. The van der Waals surface area contributed by atoms with E-state index in [0.29, 0.717) is 17.5 Å². The first-order valence-corrected chi connectivity index (χ1v) is 7.17. The highest BCUT2D eigenvalue weighted by Gasteiger charge is 2.12. The molecule has 21 heavy (non-hydrogen) atoms. The molecule has 0 unspecified atom stereocenters. The minimum atomic E-state index is -0.568. The molecule has 0 spiro atoms. The molecule has 1 N–H and O–H groups in total. The molecule has 0 saturated heterocycles. The molecule has 1 heterocycles. The molecule has 0 aliphatic carbocycles. The summed E-state index contributed by atoms with van der Waals surface area (Å²) in [4.78, 5) is 26.6. The largest absolute Gasteiger partial charge is 0.329 e. The summed E-state index contributed by atoms with van der Waals surface area (Å²) < 4.78 is 14.6.